The van der Waals surface area contributed by atoms with Gasteiger partial charge < -0.3 is 9.47 Å². The minimum absolute atomic E-state index is 0.123. The van der Waals surface area contributed by atoms with Crippen LogP contribution in [0.15, 0.2) is 41.5 Å². The molecule has 0 aliphatic carbocycles. The van der Waals surface area contributed by atoms with E-state index in [1.807, 2.05) is 6.92 Å². The van der Waals surface area contributed by atoms with E-state index in [0.29, 0.717) is 34.4 Å². The van der Waals surface area contributed by atoms with Crippen LogP contribution in [0.2, 0.25) is 5.02 Å². The molecule has 0 amide bonds. The Morgan fingerprint density at radius 1 is 1.28 bits per heavy atom. The maximum atomic E-state index is 11.3. The van der Waals surface area contributed by atoms with Gasteiger partial charge in [-0.3, -0.25) is 15.5 Å². The van der Waals surface area contributed by atoms with Crippen molar-refractivity contribution in [2.75, 3.05) is 19.1 Å². The lowest BCUT2D eigenvalue weighted by molar-refractivity contribution is -0.385. The summed E-state index contributed by atoms with van der Waals surface area (Å²) in [5, 5.41) is 16.0. The van der Waals surface area contributed by atoms with Crippen LogP contribution in [-0.4, -0.2) is 24.9 Å². The van der Waals surface area contributed by atoms with E-state index in [1.165, 1.54) is 19.4 Å². The van der Waals surface area contributed by atoms with Crippen LogP contribution in [0.3, 0.4) is 0 Å². The predicted molar refractivity (Wildman–Crippen MR) is 98.1 cm³/mol. The fraction of sp³-hybridized carbons (Fsp3) is 0.235. The van der Waals surface area contributed by atoms with Crippen LogP contribution in [0, 0.1) is 10.1 Å². The van der Waals surface area contributed by atoms with Crippen LogP contribution < -0.4 is 14.9 Å². The van der Waals surface area contributed by atoms with Crippen molar-refractivity contribution in [3.63, 3.8) is 0 Å². The van der Waals surface area contributed by atoms with E-state index in [0.717, 1.165) is 6.42 Å². The number of halogens is 1. The molecule has 0 aromatic heterocycles. The number of nitrogens with zero attached hydrogens (tertiary/aromatic N) is 2. The summed E-state index contributed by atoms with van der Waals surface area (Å²) in [6, 6.07) is 9.79. The van der Waals surface area contributed by atoms with Gasteiger partial charge in [-0.25, -0.2) is 0 Å². The number of nitro benzene ring substituents is 1. The standard InChI is InChI=1S/C17H18ClN3O4/c1-3-8-25-17-9-12(15(21(22)23)10-16(17)24-2)11-19-20-14-6-4-13(18)5-7-14/h4-7,9-11,20H,3,8H2,1-2H3. The van der Waals surface area contributed by atoms with E-state index in [4.69, 9.17) is 21.1 Å². The molecule has 0 atom stereocenters. The molecule has 0 unspecified atom stereocenters. The topological polar surface area (TPSA) is 86.0 Å². The van der Waals surface area contributed by atoms with E-state index in [2.05, 4.69) is 10.5 Å². The third-order valence-corrected chi connectivity index (χ3v) is 3.46. The molecule has 0 spiro atoms. The Kier molecular flexibility index (Phi) is 6.59. The van der Waals surface area contributed by atoms with Crippen molar-refractivity contribution in [1.82, 2.24) is 0 Å². The third kappa shape index (κ3) is 5.09. The van der Waals surface area contributed by atoms with E-state index in [9.17, 15) is 10.1 Å². The highest BCUT2D eigenvalue weighted by Gasteiger charge is 2.18. The fourth-order valence-corrected chi connectivity index (χ4v) is 2.14. The second kappa shape index (κ2) is 8.89. The van der Waals surface area contributed by atoms with Crippen LogP contribution in [0.4, 0.5) is 11.4 Å². The van der Waals surface area contributed by atoms with Gasteiger partial charge in [0, 0.05) is 5.02 Å². The van der Waals surface area contributed by atoms with Crippen molar-refractivity contribution < 1.29 is 14.4 Å². The molecule has 0 aliphatic heterocycles. The van der Waals surface area contributed by atoms with Crippen molar-refractivity contribution in [2.24, 2.45) is 5.10 Å². The number of nitro groups is 1. The van der Waals surface area contributed by atoms with Gasteiger partial charge in [-0.2, -0.15) is 5.10 Å². The molecule has 132 valence electrons. The first-order valence-electron chi connectivity index (χ1n) is 7.59. The minimum Gasteiger partial charge on any atom is -0.493 e. The van der Waals surface area contributed by atoms with E-state index < -0.39 is 4.92 Å². The molecular formula is C17H18ClN3O4. The number of rotatable bonds is 8. The number of ether oxygens (including phenoxy) is 2. The summed E-state index contributed by atoms with van der Waals surface area (Å²) in [5.41, 5.74) is 3.68. The Morgan fingerprint density at radius 3 is 2.60 bits per heavy atom. The summed E-state index contributed by atoms with van der Waals surface area (Å²) >= 11 is 5.82. The summed E-state index contributed by atoms with van der Waals surface area (Å²) in [4.78, 5) is 10.8. The van der Waals surface area contributed by atoms with Gasteiger partial charge in [0.2, 0.25) is 0 Å². The Bertz CT molecular complexity index is 763. The molecule has 0 saturated heterocycles. The SMILES string of the molecule is CCCOc1cc(C=NNc2ccc(Cl)cc2)c([N+](=O)[O-])cc1OC. The van der Waals surface area contributed by atoms with Crippen molar-refractivity contribution in [3.05, 3.63) is 57.1 Å². The molecule has 0 saturated carbocycles. The molecule has 25 heavy (non-hydrogen) atoms. The minimum atomic E-state index is -0.490. The van der Waals surface area contributed by atoms with E-state index in [-0.39, 0.29) is 5.69 Å². The molecule has 2 rings (SSSR count). The van der Waals surface area contributed by atoms with Gasteiger partial charge >= 0.3 is 0 Å². The van der Waals surface area contributed by atoms with Gasteiger partial charge in [0.05, 0.1) is 42.2 Å². The molecule has 8 heteroatoms. The van der Waals surface area contributed by atoms with Gasteiger partial charge in [-0.05, 0) is 36.8 Å². The van der Waals surface area contributed by atoms with Crippen molar-refractivity contribution in [2.45, 2.75) is 13.3 Å². The normalized spacial score (nSPS) is 10.7. The molecule has 0 aliphatic rings. The average molecular weight is 364 g/mol. The van der Waals surface area contributed by atoms with Crippen molar-refractivity contribution in [1.29, 1.82) is 0 Å². The molecule has 0 fully saturated rings. The molecular weight excluding hydrogens is 346 g/mol. The third-order valence-electron chi connectivity index (χ3n) is 3.21. The Morgan fingerprint density at radius 2 is 2.00 bits per heavy atom. The first kappa shape index (κ1) is 18.5. The number of anilines is 1. The molecule has 7 nitrogen and oxygen atoms in total. The van der Waals surface area contributed by atoms with Gasteiger partial charge in [0.25, 0.3) is 5.69 Å². The number of nitrogens with one attached hydrogen (secondary N) is 1. The summed E-state index contributed by atoms with van der Waals surface area (Å²) in [7, 11) is 1.44. The molecule has 1 N–H and O–H groups in total. The smallest absolute Gasteiger partial charge is 0.282 e. The zero-order valence-electron chi connectivity index (χ0n) is 13.9. The van der Waals surface area contributed by atoms with Crippen LogP contribution in [0.25, 0.3) is 0 Å². The largest absolute Gasteiger partial charge is 0.493 e. The van der Waals surface area contributed by atoms with Crippen molar-refractivity contribution >= 4 is 29.2 Å². The number of methoxy groups -OCH3 is 1. The number of hydrogen-bond acceptors (Lipinski definition) is 6. The molecule has 0 radical (unpaired) electrons. The highest BCUT2D eigenvalue weighted by Crippen LogP contribution is 2.34. The van der Waals surface area contributed by atoms with Crippen LogP contribution in [0.1, 0.15) is 18.9 Å². The summed E-state index contributed by atoms with van der Waals surface area (Å²) < 4.78 is 10.8. The van der Waals surface area contributed by atoms with Crippen LogP contribution in [0.5, 0.6) is 11.5 Å². The highest BCUT2D eigenvalue weighted by molar-refractivity contribution is 6.30. The number of benzene rings is 2. The number of hydrogen-bond donors (Lipinski definition) is 1. The fourth-order valence-electron chi connectivity index (χ4n) is 2.01. The molecule has 0 heterocycles. The molecule has 2 aromatic carbocycles. The first-order chi connectivity index (χ1) is 12.0. The second-order valence-electron chi connectivity index (χ2n) is 5.04. The van der Waals surface area contributed by atoms with Gasteiger partial charge in [-0.15, -0.1) is 0 Å². The van der Waals surface area contributed by atoms with Gasteiger partial charge in [0.15, 0.2) is 11.5 Å². The Hall–Kier alpha value is -2.80. The lowest BCUT2D eigenvalue weighted by Crippen LogP contribution is -2.02. The summed E-state index contributed by atoms with van der Waals surface area (Å²) in [5.74, 6) is 0.742. The first-order valence-corrected chi connectivity index (χ1v) is 7.96. The maximum absolute atomic E-state index is 11.3. The lowest BCUT2D eigenvalue weighted by Gasteiger charge is -2.11. The lowest BCUT2D eigenvalue weighted by atomic mass is 10.1. The Labute approximate surface area is 150 Å². The quantitative estimate of drug-likeness (QED) is 0.424. The van der Waals surface area contributed by atoms with Crippen LogP contribution in [-0.2, 0) is 0 Å². The van der Waals surface area contributed by atoms with Crippen molar-refractivity contribution in [3.8, 4) is 11.5 Å². The average Bonchev–Trinajstić information content (AvgIpc) is 2.61. The Balaban J connectivity index is 2.28. The van der Waals surface area contributed by atoms with Gasteiger partial charge in [-0.1, -0.05) is 18.5 Å². The number of hydrazone groups is 1. The van der Waals surface area contributed by atoms with E-state index in [1.54, 1.807) is 30.3 Å². The van der Waals surface area contributed by atoms with Crippen LogP contribution >= 0.6 is 11.6 Å². The van der Waals surface area contributed by atoms with Gasteiger partial charge in [0.1, 0.15) is 0 Å². The zero-order chi connectivity index (χ0) is 18.2. The summed E-state index contributed by atoms with van der Waals surface area (Å²) in [6.45, 7) is 2.45. The van der Waals surface area contributed by atoms with E-state index >= 15 is 0 Å². The summed E-state index contributed by atoms with van der Waals surface area (Å²) in [6.07, 6.45) is 2.17. The highest BCUT2D eigenvalue weighted by atomic mass is 35.5. The monoisotopic (exact) mass is 363 g/mol. The maximum Gasteiger partial charge on any atom is 0.282 e. The predicted octanol–water partition coefficient (Wildman–Crippen LogP) is 4.49. The second-order valence-corrected chi connectivity index (χ2v) is 5.48. The zero-order valence-corrected chi connectivity index (χ0v) is 14.6. The molecule has 0 bridgehead atoms. The molecule has 2 aromatic rings.